The van der Waals surface area contributed by atoms with Gasteiger partial charge >= 0.3 is 6.03 Å². The summed E-state index contributed by atoms with van der Waals surface area (Å²) in [5.41, 5.74) is 4.83. The van der Waals surface area contributed by atoms with Gasteiger partial charge < -0.3 is 25.8 Å². The molecule has 0 spiro atoms. The van der Waals surface area contributed by atoms with E-state index in [-0.39, 0.29) is 33.6 Å². The van der Waals surface area contributed by atoms with Crippen molar-refractivity contribution < 1.29 is 28.2 Å². The highest BCUT2D eigenvalue weighted by atomic mass is 35.5. The summed E-state index contributed by atoms with van der Waals surface area (Å²) in [6.07, 6.45) is 1.67. The van der Waals surface area contributed by atoms with Crippen LogP contribution in [-0.4, -0.2) is 83.6 Å². The van der Waals surface area contributed by atoms with E-state index < -0.39 is 30.2 Å². The van der Waals surface area contributed by atoms with Crippen molar-refractivity contribution >= 4 is 40.1 Å². The number of aliphatic hydroxyl groups is 1. The lowest BCUT2D eigenvalue weighted by molar-refractivity contribution is 0.0996. The molecular formula is C22H29ClF2N6O4S. The third-order valence-corrected chi connectivity index (χ3v) is 6.63. The Kier molecular flexibility index (Phi) is 10.6. The maximum absolute atomic E-state index is 14.0. The van der Waals surface area contributed by atoms with Crippen molar-refractivity contribution in [3.63, 3.8) is 0 Å². The molecule has 1 aliphatic rings. The minimum atomic E-state index is -0.912. The molecule has 1 aromatic heterocycles. The maximum atomic E-state index is 14.0. The van der Waals surface area contributed by atoms with Crippen molar-refractivity contribution in [3.8, 4) is 5.88 Å². The molecule has 1 saturated heterocycles. The van der Waals surface area contributed by atoms with Crippen LogP contribution in [0.4, 0.5) is 18.6 Å². The lowest BCUT2D eigenvalue weighted by Gasteiger charge is -2.34. The smallest absolute Gasteiger partial charge is 0.319 e. The predicted octanol–water partition coefficient (Wildman–Crippen LogP) is 2.26. The largest absolute Gasteiger partial charge is 0.471 e. The molecular weight excluding hydrogens is 518 g/mol. The van der Waals surface area contributed by atoms with Gasteiger partial charge in [0.15, 0.2) is 0 Å². The average molecular weight is 547 g/mol. The molecule has 3 rings (SSSR count). The van der Waals surface area contributed by atoms with Crippen LogP contribution in [0.15, 0.2) is 12.1 Å². The number of nitrogens with one attached hydrogen (secondary N) is 2. The van der Waals surface area contributed by atoms with Crippen LogP contribution in [0.25, 0.3) is 0 Å². The second kappa shape index (κ2) is 13.7. The number of ether oxygens (including phenoxy) is 1. The second-order valence-electron chi connectivity index (χ2n) is 8.19. The summed E-state index contributed by atoms with van der Waals surface area (Å²) in [6, 6.07) is 1.34. The molecule has 1 aromatic carbocycles. The molecule has 36 heavy (non-hydrogen) atoms. The number of carbonyl (C=O) groups excluding carboxylic acids is 2. The van der Waals surface area contributed by atoms with Gasteiger partial charge in [0.1, 0.15) is 28.8 Å². The first-order chi connectivity index (χ1) is 17.3. The van der Waals surface area contributed by atoms with Gasteiger partial charge in [-0.3, -0.25) is 15.0 Å². The minimum absolute atomic E-state index is 0.0628. The number of hydrogen-bond donors (Lipinski definition) is 4. The molecule has 1 fully saturated rings. The topological polar surface area (TPSA) is 133 Å². The van der Waals surface area contributed by atoms with E-state index in [0.717, 1.165) is 69.2 Å². The highest BCUT2D eigenvalue weighted by Crippen LogP contribution is 2.31. The van der Waals surface area contributed by atoms with Crippen LogP contribution in [-0.2, 0) is 6.61 Å². The first kappa shape index (κ1) is 28.0. The van der Waals surface area contributed by atoms with Gasteiger partial charge in [0.25, 0.3) is 5.91 Å². The third-order valence-electron chi connectivity index (χ3n) is 5.66. The van der Waals surface area contributed by atoms with Crippen molar-refractivity contribution in [1.29, 1.82) is 0 Å². The SMILES string of the molecule is NC(=O)c1c(OCc2c(F)cc(Cl)cc2F)nsc1NC(=O)NCCCCN1CCN(CCO)CC1. The zero-order chi connectivity index (χ0) is 26.1. The van der Waals surface area contributed by atoms with E-state index in [1.165, 1.54) is 0 Å². The van der Waals surface area contributed by atoms with Crippen molar-refractivity contribution in [1.82, 2.24) is 19.5 Å². The molecule has 2 heterocycles. The van der Waals surface area contributed by atoms with E-state index >= 15 is 0 Å². The first-order valence-electron chi connectivity index (χ1n) is 11.4. The van der Waals surface area contributed by atoms with Gasteiger partial charge in [-0.05, 0) is 43.1 Å². The lowest BCUT2D eigenvalue weighted by Crippen LogP contribution is -2.47. The number of unbranched alkanes of at least 4 members (excludes halogenated alkanes) is 1. The van der Waals surface area contributed by atoms with Crippen LogP contribution < -0.4 is 21.1 Å². The zero-order valence-corrected chi connectivity index (χ0v) is 21.1. The molecule has 0 radical (unpaired) electrons. The number of urea groups is 1. The molecule has 0 unspecified atom stereocenters. The Morgan fingerprint density at radius 2 is 1.78 bits per heavy atom. The summed E-state index contributed by atoms with van der Waals surface area (Å²) in [6.45, 7) is 5.47. The molecule has 0 aliphatic carbocycles. The predicted molar refractivity (Wildman–Crippen MR) is 133 cm³/mol. The monoisotopic (exact) mass is 546 g/mol. The Balaban J connectivity index is 1.43. The number of nitrogens with two attached hydrogens (primary N) is 1. The van der Waals surface area contributed by atoms with Crippen LogP contribution in [0.2, 0.25) is 5.02 Å². The van der Waals surface area contributed by atoms with E-state index in [1.807, 2.05) is 0 Å². The minimum Gasteiger partial charge on any atom is -0.471 e. The van der Waals surface area contributed by atoms with E-state index in [4.69, 9.17) is 27.2 Å². The summed E-state index contributed by atoms with van der Waals surface area (Å²) >= 11 is 6.37. The number of aromatic nitrogens is 1. The number of amides is 3. The van der Waals surface area contributed by atoms with Crippen LogP contribution in [0.1, 0.15) is 28.8 Å². The van der Waals surface area contributed by atoms with E-state index in [2.05, 4.69) is 24.8 Å². The van der Waals surface area contributed by atoms with Gasteiger partial charge in [0.2, 0.25) is 5.88 Å². The van der Waals surface area contributed by atoms with Gasteiger partial charge in [0.05, 0.1) is 12.2 Å². The number of benzene rings is 1. The number of aliphatic hydroxyl groups excluding tert-OH is 1. The van der Waals surface area contributed by atoms with Crippen LogP contribution in [0.5, 0.6) is 5.88 Å². The lowest BCUT2D eigenvalue weighted by atomic mass is 10.2. The zero-order valence-electron chi connectivity index (χ0n) is 19.6. The number of nitrogens with zero attached hydrogens (tertiary/aromatic N) is 3. The molecule has 2 aromatic rings. The number of piperazine rings is 1. The van der Waals surface area contributed by atoms with E-state index in [1.54, 1.807) is 0 Å². The summed E-state index contributed by atoms with van der Waals surface area (Å²) in [4.78, 5) is 28.8. The van der Waals surface area contributed by atoms with Crippen LogP contribution in [0, 0.1) is 11.6 Å². The molecule has 10 nitrogen and oxygen atoms in total. The molecule has 0 bridgehead atoms. The van der Waals surface area contributed by atoms with Gasteiger partial charge in [-0.25, -0.2) is 13.6 Å². The second-order valence-corrected chi connectivity index (χ2v) is 9.40. The van der Waals surface area contributed by atoms with E-state index in [0.29, 0.717) is 13.1 Å². The number of primary amides is 1. The number of rotatable bonds is 12. The summed E-state index contributed by atoms with van der Waals surface area (Å²) < 4.78 is 37.2. The Labute approximate surface area is 216 Å². The number of anilines is 1. The quantitative estimate of drug-likeness (QED) is 0.300. The Morgan fingerprint density at radius 3 is 2.39 bits per heavy atom. The molecule has 3 amide bonds. The maximum Gasteiger partial charge on any atom is 0.319 e. The van der Waals surface area contributed by atoms with E-state index in [9.17, 15) is 18.4 Å². The van der Waals surface area contributed by atoms with Crippen molar-refractivity contribution in [2.75, 3.05) is 57.7 Å². The molecule has 14 heteroatoms. The van der Waals surface area contributed by atoms with Gasteiger partial charge in [0, 0.05) is 44.3 Å². The highest BCUT2D eigenvalue weighted by Gasteiger charge is 2.23. The normalized spacial score (nSPS) is 14.6. The van der Waals surface area contributed by atoms with Gasteiger partial charge in [-0.2, -0.15) is 4.37 Å². The number of carbonyl (C=O) groups is 2. The molecule has 1 aliphatic heterocycles. The van der Waals surface area contributed by atoms with Crippen LogP contribution >= 0.6 is 23.1 Å². The fraction of sp³-hybridized carbons (Fsp3) is 0.500. The van der Waals surface area contributed by atoms with Crippen LogP contribution in [0.3, 0.4) is 0 Å². The number of halogens is 3. The van der Waals surface area contributed by atoms with Gasteiger partial charge in [-0.1, -0.05) is 11.6 Å². The fourth-order valence-corrected chi connectivity index (χ4v) is 4.64. The average Bonchev–Trinajstić information content (AvgIpc) is 3.22. The highest BCUT2D eigenvalue weighted by molar-refractivity contribution is 7.11. The third kappa shape index (κ3) is 7.96. The number of β-amino-alcohol motifs (C(OH)–C–C–N with tert-alkyl or cyclic N) is 1. The Bertz CT molecular complexity index is 1030. The van der Waals surface area contributed by atoms with Crippen molar-refractivity contribution in [2.45, 2.75) is 19.4 Å². The summed E-state index contributed by atoms with van der Waals surface area (Å²) in [7, 11) is 0. The Morgan fingerprint density at radius 1 is 1.14 bits per heavy atom. The molecule has 0 atom stereocenters. The molecule has 5 N–H and O–H groups in total. The standard InChI is InChI=1S/C22H29ClF2N6O4S/c23-14-11-16(24)15(17(25)12-14)13-35-20-18(19(26)33)21(36-29-20)28-22(34)27-3-1-2-4-30-5-7-31(8-6-30)9-10-32/h11-12,32H,1-10,13H2,(H2,26,33)(H2,27,28,34). The van der Waals surface area contributed by atoms with Gasteiger partial charge in [-0.15, -0.1) is 0 Å². The van der Waals surface area contributed by atoms with Crippen molar-refractivity contribution in [3.05, 3.63) is 39.9 Å². The summed E-state index contributed by atoms with van der Waals surface area (Å²) in [5, 5.41) is 14.2. The molecule has 198 valence electrons. The van der Waals surface area contributed by atoms with Crippen molar-refractivity contribution in [2.24, 2.45) is 5.73 Å². The summed E-state index contributed by atoms with van der Waals surface area (Å²) in [5.74, 6) is -2.96. The molecule has 0 saturated carbocycles. The number of hydrogen-bond acceptors (Lipinski definition) is 8. The fourth-order valence-electron chi connectivity index (χ4n) is 3.71. The Hall–Kier alpha value is -2.58. The first-order valence-corrected chi connectivity index (χ1v) is 12.6.